The molecule has 1 heterocycles. The molecule has 0 amide bonds. The maximum Gasteiger partial charge on any atom is 0.0695 e. The van der Waals surface area contributed by atoms with E-state index in [1.54, 1.807) is 0 Å². The van der Waals surface area contributed by atoms with Gasteiger partial charge in [0.1, 0.15) is 0 Å². The van der Waals surface area contributed by atoms with Crippen molar-refractivity contribution in [3.8, 4) is 0 Å². The minimum atomic E-state index is 0.245. The van der Waals surface area contributed by atoms with Gasteiger partial charge in [-0.3, -0.25) is 10.00 Å². The second-order valence-corrected chi connectivity index (χ2v) is 6.60. The molecule has 0 fully saturated rings. The van der Waals surface area contributed by atoms with E-state index in [4.69, 9.17) is 5.11 Å². The fourth-order valence-electron chi connectivity index (χ4n) is 2.58. The molecule has 0 saturated heterocycles. The van der Waals surface area contributed by atoms with Crippen LogP contribution in [0.2, 0.25) is 0 Å². The number of aromatic nitrogens is 2. The maximum absolute atomic E-state index is 9.08. The minimum absolute atomic E-state index is 0.245. The Bertz CT molecular complexity index is 542. The zero-order chi connectivity index (χ0) is 14.6. The molecule has 2 rings (SSSR count). The Morgan fingerprint density at radius 1 is 1.30 bits per heavy atom. The number of H-pyrrole nitrogens is 1. The first kappa shape index (κ1) is 15.0. The number of aliphatic hydroxyl groups is 1. The van der Waals surface area contributed by atoms with E-state index in [0.717, 1.165) is 37.0 Å². The normalized spacial score (nSPS) is 12.4. The van der Waals surface area contributed by atoms with Crippen molar-refractivity contribution >= 4 is 10.9 Å². The lowest BCUT2D eigenvalue weighted by Crippen LogP contribution is -2.33. The molecule has 110 valence electrons. The summed E-state index contributed by atoms with van der Waals surface area (Å²) in [5.41, 5.74) is 2.63. The predicted molar refractivity (Wildman–Crippen MR) is 82.5 cm³/mol. The van der Waals surface area contributed by atoms with Crippen LogP contribution < -0.4 is 0 Å². The van der Waals surface area contributed by atoms with Gasteiger partial charge in [-0.05, 0) is 17.4 Å². The van der Waals surface area contributed by atoms with Crippen molar-refractivity contribution in [2.45, 2.75) is 33.7 Å². The van der Waals surface area contributed by atoms with Crippen molar-refractivity contribution in [2.24, 2.45) is 5.41 Å². The topological polar surface area (TPSA) is 52.1 Å². The van der Waals surface area contributed by atoms with Crippen LogP contribution in [-0.2, 0) is 6.54 Å². The molecule has 2 N–H and O–H groups in total. The van der Waals surface area contributed by atoms with Crippen molar-refractivity contribution in [2.75, 3.05) is 19.7 Å². The number of nitrogens with zero attached hydrogens (tertiary/aromatic N) is 2. The van der Waals surface area contributed by atoms with Crippen molar-refractivity contribution in [1.82, 2.24) is 15.1 Å². The molecule has 2 aromatic rings. The molecule has 1 aromatic heterocycles. The van der Waals surface area contributed by atoms with Gasteiger partial charge >= 0.3 is 0 Å². The number of para-hydroxylation sites is 1. The average Bonchev–Trinajstić information content (AvgIpc) is 2.83. The number of aliphatic hydroxyl groups excluding tert-OH is 1. The first-order valence-corrected chi connectivity index (χ1v) is 7.24. The Hall–Kier alpha value is -1.39. The lowest BCUT2D eigenvalue weighted by molar-refractivity contribution is 0.166. The average molecular weight is 275 g/mol. The summed E-state index contributed by atoms with van der Waals surface area (Å²) in [4.78, 5) is 2.41. The van der Waals surface area contributed by atoms with Crippen LogP contribution in [0.15, 0.2) is 24.4 Å². The zero-order valence-corrected chi connectivity index (χ0v) is 12.7. The molecule has 0 aliphatic heterocycles. The van der Waals surface area contributed by atoms with E-state index in [0.29, 0.717) is 0 Å². The Morgan fingerprint density at radius 3 is 2.80 bits per heavy atom. The number of hydrogen-bond acceptors (Lipinski definition) is 3. The third-order valence-electron chi connectivity index (χ3n) is 3.29. The quantitative estimate of drug-likeness (QED) is 0.852. The van der Waals surface area contributed by atoms with Gasteiger partial charge in [-0.15, -0.1) is 0 Å². The second kappa shape index (κ2) is 6.37. The Balaban J connectivity index is 2.15. The number of aromatic amines is 1. The van der Waals surface area contributed by atoms with E-state index in [-0.39, 0.29) is 12.0 Å². The van der Waals surface area contributed by atoms with Crippen molar-refractivity contribution in [3.05, 3.63) is 30.0 Å². The molecule has 0 bridgehead atoms. The van der Waals surface area contributed by atoms with Gasteiger partial charge in [0, 0.05) is 31.6 Å². The third-order valence-corrected chi connectivity index (χ3v) is 3.29. The summed E-state index contributed by atoms with van der Waals surface area (Å²) in [5.74, 6) is 0. The summed E-state index contributed by atoms with van der Waals surface area (Å²) in [6, 6.07) is 6.30. The van der Waals surface area contributed by atoms with Crippen LogP contribution in [0.25, 0.3) is 10.9 Å². The van der Waals surface area contributed by atoms with Crippen LogP contribution in [0.3, 0.4) is 0 Å². The SMILES string of the molecule is CC(C)(C)CN(CCCO)Cc1cccc2cn[nH]c12. The summed E-state index contributed by atoms with van der Waals surface area (Å²) in [6.45, 7) is 9.79. The number of nitrogens with one attached hydrogen (secondary N) is 1. The Kier molecular flexibility index (Phi) is 4.78. The molecule has 0 aliphatic rings. The number of hydrogen-bond donors (Lipinski definition) is 2. The van der Waals surface area contributed by atoms with E-state index < -0.39 is 0 Å². The first-order chi connectivity index (χ1) is 9.49. The van der Waals surface area contributed by atoms with Crippen LogP contribution in [0.5, 0.6) is 0 Å². The zero-order valence-electron chi connectivity index (χ0n) is 12.7. The van der Waals surface area contributed by atoms with Crippen molar-refractivity contribution < 1.29 is 5.11 Å². The van der Waals surface area contributed by atoms with Gasteiger partial charge < -0.3 is 5.11 Å². The van der Waals surface area contributed by atoms with Gasteiger partial charge in [0.2, 0.25) is 0 Å². The lowest BCUT2D eigenvalue weighted by Gasteiger charge is -2.30. The van der Waals surface area contributed by atoms with Gasteiger partial charge in [-0.25, -0.2) is 0 Å². The Labute approximate surface area is 120 Å². The molecule has 1 aromatic carbocycles. The van der Waals surface area contributed by atoms with E-state index >= 15 is 0 Å². The monoisotopic (exact) mass is 275 g/mol. The summed E-state index contributed by atoms with van der Waals surface area (Å²) < 4.78 is 0. The van der Waals surface area contributed by atoms with Crippen LogP contribution in [0.4, 0.5) is 0 Å². The summed E-state index contributed by atoms with van der Waals surface area (Å²) in [5, 5.41) is 17.4. The minimum Gasteiger partial charge on any atom is -0.396 e. The first-order valence-electron chi connectivity index (χ1n) is 7.24. The maximum atomic E-state index is 9.08. The number of fused-ring (bicyclic) bond motifs is 1. The molecular weight excluding hydrogens is 250 g/mol. The molecule has 0 spiro atoms. The largest absolute Gasteiger partial charge is 0.396 e. The molecule has 4 nitrogen and oxygen atoms in total. The van der Waals surface area contributed by atoms with E-state index in [1.807, 2.05) is 6.20 Å². The highest BCUT2D eigenvalue weighted by Gasteiger charge is 2.17. The fourth-order valence-corrected chi connectivity index (χ4v) is 2.58. The molecule has 0 aliphatic carbocycles. The highest BCUT2D eigenvalue weighted by Crippen LogP contribution is 2.21. The molecule has 0 unspecified atom stereocenters. The molecule has 20 heavy (non-hydrogen) atoms. The molecular formula is C16H25N3O. The van der Waals surface area contributed by atoms with Gasteiger partial charge in [-0.2, -0.15) is 5.10 Å². The molecule has 4 heteroatoms. The van der Waals surface area contributed by atoms with Crippen LogP contribution in [0.1, 0.15) is 32.8 Å². The van der Waals surface area contributed by atoms with E-state index in [1.165, 1.54) is 5.56 Å². The van der Waals surface area contributed by atoms with Gasteiger partial charge in [0.15, 0.2) is 0 Å². The summed E-state index contributed by atoms with van der Waals surface area (Å²) in [7, 11) is 0. The number of rotatable bonds is 6. The highest BCUT2D eigenvalue weighted by molar-refractivity contribution is 5.81. The van der Waals surface area contributed by atoms with E-state index in [9.17, 15) is 0 Å². The van der Waals surface area contributed by atoms with Crippen LogP contribution in [-0.4, -0.2) is 39.9 Å². The standard InChI is InChI=1S/C16H25N3O/c1-16(2,3)12-19(8-5-9-20)11-14-7-4-6-13-10-17-18-15(13)14/h4,6-7,10,20H,5,8-9,11-12H2,1-3H3,(H,17,18). The van der Waals surface area contributed by atoms with Gasteiger partial charge in [0.05, 0.1) is 11.7 Å². The summed E-state index contributed by atoms with van der Waals surface area (Å²) in [6.07, 6.45) is 2.68. The third kappa shape index (κ3) is 4.05. The highest BCUT2D eigenvalue weighted by atomic mass is 16.3. The second-order valence-electron chi connectivity index (χ2n) is 6.60. The Morgan fingerprint density at radius 2 is 2.10 bits per heavy atom. The van der Waals surface area contributed by atoms with Gasteiger partial charge in [-0.1, -0.05) is 39.0 Å². The smallest absolute Gasteiger partial charge is 0.0695 e. The van der Waals surface area contributed by atoms with Crippen LogP contribution >= 0.6 is 0 Å². The molecule has 0 atom stereocenters. The number of benzene rings is 1. The molecule has 0 radical (unpaired) electrons. The van der Waals surface area contributed by atoms with E-state index in [2.05, 4.69) is 54.1 Å². The lowest BCUT2D eigenvalue weighted by atomic mass is 9.95. The van der Waals surface area contributed by atoms with Crippen LogP contribution in [0, 0.1) is 5.41 Å². The van der Waals surface area contributed by atoms with Crippen molar-refractivity contribution in [3.63, 3.8) is 0 Å². The summed E-state index contributed by atoms with van der Waals surface area (Å²) >= 11 is 0. The fraction of sp³-hybridized carbons (Fsp3) is 0.562. The van der Waals surface area contributed by atoms with Crippen molar-refractivity contribution in [1.29, 1.82) is 0 Å². The van der Waals surface area contributed by atoms with Gasteiger partial charge in [0.25, 0.3) is 0 Å². The molecule has 0 saturated carbocycles. The predicted octanol–water partition coefficient (Wildman–Crippen LogP) is 2.79.